The summed E-state index contributed by atoms with van der Waals surface area (Å²) in [5.74, 6) is 0.256. The van der Waals surface area contributed by atoms with E-state index in [4.69, 9.17) is 10.5 Å². The summed E-state index contributed by atoms with van der Waals surface area (Å²) in [7, 11) is 0. The third-order valence-corrected chi connectivity index (χ3v) is 4.49. The van der Waals surface area contributed by atoms with Gasteiger partial charge >= 0.3 is 0 Å². The van der Waals surface area contributed by atoms with E-state index < -0.39 is 6.04 Å². The Labute approximate surface area is 161 Å². The molecule has 7 heteroatoms. The number of benzene rings is 1. The standard InChI is InChI=1S/C19H29N3O3.ClH/c1-12(2)11-21-18(23)15-4-5-16(13(3)10-15)22-19(24)17(20)14-6-8-25-9-7-14;/h4-5,10,12,14,17H,6-9,11,20H2,1-3H3,(H,21,23)(H,22,24);1H. The first-order chi connectivity index (χ1) is 11.9. The molecule has 0 bridgehead atoms. The SMILES string of the molecule is Cc1cc(C(=O)NCC(C)C)ccc1NC(=O)C(N)C1CCOCC1.Cl. The van der Waals surface area contributed by atoms with E-state index in [0.717, 1.165) is 18.4 Å². The third kappa shape index (κ3) is 6.27. The van der Waals surface area contributed by atoms with Gasteiger partial charge in [-0.15, -0.1) is 12.4 Å². The minimum atomic E-state index is -0.544. The molecule has 4 N–H and O–H groups in total. The molecule has 1 atom stereocenters. The molecule has 1 aliphatic rings. The first-order valence-corrected chi connectivity index (χ1v) is 8.91. The lowest BCUT2D eigenvalue weighted by Crippen LogP contribution is -2.44. The third-order valence-electron chi connectivity index (χ3n) is 4.49. The molecule has 6 nitrogen and oxygen atoms in total. The molecule has 1 unspecified atom stereocenters. The molecule has 0 aromatic heterocycles. The number of rotatable bonds is 6. The molecule has 1 aliphatic heterocycles. The highest BCUT2D eigenvalue weighted by molar-refractivity contribution is 5.98. The summed E-state index contributed by atoms with van der Waals surface area (Å²) in [4.78, 5) is 24.5. The van der Waals surface area contributed by atoms with Crippen LogP contribution < -0.4 is 16.4 Å². The molecule has 0 spiro atoms. The number of ether oxygens (including phenoxy) is 1. The van der Waals surface area contributed by atoms with Crippen molar-refractivity contribution in [3.63, 3.8) is 0 Å². The lowest BCUT2D eigenvalue weighted by Gasteiger charge is -2.27. The van der Waals surface area contributed by atoms with Crippen molar-refractivity contribution < 1.29 is 14.3 Å². The molecular formula is C19H30ClN3O3. The van der Waals surface area contributed by atoms with E-state index in [-0.39, 0.29) is 30.1 Å². The Hall–Kier alpha value is -1.63. The Morgan fingerprint density at radius 1 is 1.27 bits per heavy atom. The number of nitrogens with two attached hydrogens (primary N) is 1. The van der Waals surface area contributed by atoms with Crippen molar-refractivity contribution >= 4 is 29.9 Å². The van der Waals surface area contributed by atoms with Crippen LogP contribution in [0.2, 0.25) is 0 Å². The summed E-state index contributed by atoms with van der Waals surface area (Å²) >= 11 is 0. The minimum absolute atomic E-state index is 0. The van der Waals surface area contributed by atoms with Gasteiger partial charge in [-0.05, 0) is 55.4 Å². The first-order valence-electron chi connectivity index (χ1n) is 8.91. The van der Waals surface area contributed by atoms with Gasteiger partial charge in [-0.25, -0.2) is 0 Å². The second-order valence-electron chi connectivity index (χ2n) is 7.10. The predicted molar refractivity (Wildman–Crippen MR) is 106 cm³/mol. The number of halogens is 1. The maximum absolute atomic E-state index is 12.4. The molecule has 2 rings (SSSR count). The van der Waals surface area contributed by atoms with Crippen LogP contribution in [0.5, 0.6) is 0 Å². The summed E-state index contributed by atoms with van der Waals surface area (Å²) in [6.45, 7) is 7.92. The van der Waals surface area contributed by atoms with Crippen molar-refractivity contribution in [2.45, 2.75) is 39.7 Å². The van der Waals surface area contributed by atoms with Crippen molar-refractivity contribution in [1.82, 2.24) is 5.32 Å². The highest BCUT2D eigenvalue weighted by atomic mass is 35.5. The van der Waals surface area contributed by atoms with E-state index in [0.29, 0.717) is 36.9 Å². The van der Waals surface area contributed by atoms with E-state index in [9.17, 15) is 9.59 Å². The Morgan fingerprint density at radius 3 is 2.50 bits per heavy atom. The zero-order valence-corrected chi connectivity index (χ0v) is 16.5. The van der Waals surface area contributed by atoms with Crippen LogP contribution in [0.1, 0.15) is 42.6 Å². The number of carbonyl (C=O) groups excluding carboxylic acids is 2. The molecule has 1 saturated heterocycles. The fraction of sp³-hybridized carbons (Fsp3) is 0.579. The summed E-state index contributed by atoms with van der Waals surface area (Å²) in [5.41, 5.74) is 8.22. The molecule has 26 heavy (non-hydrogen) atoms. The van der Waals surface area contributed by atoms with E-state index >= 15 is 0 Å². The largest absolute Gasteiger partial charge is 0.381 e. The van der Waals surface area contributed by atoms with E-state index in [1.165, 1.54) is 0 Å². The smallest absolute Gasteiger partial charge is 0.251 e. The molecule has 0 aliphatic carbocycles. The fourth-order valence-electron chi connectivity index (χ4n) is 2.85. The number of anilines is 1. The van der Waals surface area contributed by atoms with Crippen LogP contribution >= 0.6 is 12.4 Å². The van der Waals surface area contributed by atoms with Gasteiger partial charge in [0.1, 0.15) is 0 Å². The molecule has 146 valence electrons. The van der Waals surface area contributed by atoms with Gasteiger partial charge in [0.05, 0.1) is 6.04 Å². The summed E-state index contributed by atoms with van der Waals surface area (Å²) < 4.78 is 5.31. The molecule has 1 fully saturated rings. The normalized spacial score (nSPS) is 15.9. The van der Waals surface area contributed by atoms with E-state index in [2.05, 4.69) is 10.6 Å². The van der Waals surface area contributed by atoms with Crippen LogP contribution in [-0.4, -0.2) is 37.6 Å². The van der Waals surface area contributed by atoms with Crippen molar-refractivity contribution in [1.29, 1.82) is 0 Å². The number of carbonyl (C=O) groups is 2. The summed E-state index contributed by atoms with van der Waals surface area (Å²) in [6, 6.07) is 4.72. The predicted octanol–water partition coefficient (Wildman–Crippen LogP) is 2.50. The quantitative estimate of drug-likeness (QED) is 0.703. The zero-order valence-electron chi connectivity index (χ0n) is 15.7. The number of hydrogen-bond donors (Lipinski definition) is 3. The van der Waals surface area contributed by atoms with Crippen LogP contribution in [0, 0.1) is 18.8 Å². The Kier molecular flexibility index (Phi) is 9.05. The van der Waals surface area contributed by atoms with Crippen molar-refractivity contribution in [3.8, 4) is 0 Å². The Morgan fingerprint density at radius 2 is 1.92 bits per heavy atom. The monoisotopic (exact) mass is 383 g/mol. The number of hydrogen-bond acceptors (Lipinski definition) is 4. The second-order valence-corrected chi connectivity index (χ2v) is 7.10. The van der Waals surface area contributed by atoms with Crippen LogP contribution in [0.3, 0.4) is 0 Å². The van der Waals surface area contributed by atoms with Crippen molar-refractivity contribution in [2.24, 2.45) is 17.6 Å². The maximum Gasteiger partial charge on any atom is 0.251 e. The average Bonchev–Trinajstić information content (AvgIpc) is 2.61. The van der Waals surface area contributed by atoms with E-state index in [1.807, 2.05) is 20.8 Å². The number of amides is 2. The van der Waals surface area contributed by atoms with Crippen LogP contribution in [0.4, 0.5) is 5.69 Å². The van der Waals surface area contributed by atoms with Gasteiger partial charge in [-0.2, -0.15) is 0 Å². The van der Waals surface area contributed by atoms with Gasteiger partial charge in [0.2, 0.25) is 5.91 Å². The number of aryl methyl sites for hydroxylation is 1. The molecule has 1 aromatic carbocycles. The maximum atomic E-state index is 12.4. The average molecular weight is 384 g/mol. The van der Waals surface area contributed by atoms with Crippen LogP contribution in [0.15, 0.2) is 18.2 Å². The lowest BCUT2D eigenvalue weighted by molar-refractivity contribution is -0.119. The molecule has 2 amide bonds. The fourth-order valence-corrected chi connectivity index (χ4v) is 2.85. The molecule has 0 saturated carbocycles. The zero-order chi connectivity index (χ0) is 18.4. The highest BCUT2D eigenvalue weighted by Gasteiger charge is 2.26. The summed E-state index contributed by atoms with van der Waals surface area (Å²) in [5, 5.41) is 5.78. The molecule has 1 heterocycles. The van der Waals surface area contributed by atoms with Crippen molar-refractivity contribution in [3.05, 3.63) is 29.3 Å². The van der Waals surface area contributed by atoms with Crippen LogP contribution in [-0.2, 0) is 9.53 Å². The van der Waals surface area contributed by atoms with Crippen molar-refractivity contribution in [2.75, 3.05) is 25.1 Å². The molecule has 0 radical (unpaired) electrons. The van der Waals surface area contributed by atoms with Gasteiger partial charge in [0, 0.05) is 31.0 Å². The molecule has 1 aromatic rings. The van der Waals surface area contributed by atoms with E-state index in [1.54, 1.807) is 18.2 Å². The van der Waals surface area contributed by atoms with Gasteiger partial charge in [-0.1, -0.05) is 13.8 Å². The number of nitrogens with one attached hydrogen (secondary N) is 2. The highest BCUT2D eigenvalue weighted by Crippen LogP contribution is 2.21. The summed E-state index contributed by atoms with van der Waals surface area (Å²) in [6.07, 6.45) is 1.62. The van der Waals surface area contributed by atoms with Gasteiger partial charge < -0.3 is 21.1 Å². The Balaban J connectivity index is 0.00000338. The molecular weight excluding hydrogens is 354 g/mol. The second kappa shape index (κ2) is 10.5. The van der Waals surface area contributed by atoms with Gasteiger partial charge in [0.25, 0.3) is 5.91 Å². The lowest BCUT2D eigenvalue weighted by atomic mass is 9.91. The first kappa shape index (κ1) is 22.4. The van der Waals surface area contributed by atoms with Crippen LogP contribution in [0.25, 0.3) is 0 Å². The van der Waals surface area contributed by atoms with Gasteiger partial charge in [-0.3, -0.25) is 9.59 Å². The van der Waals surface area contributed by atoms with Gasteiger partial charge in [0.15, 0.2) is 0 Å². The minimum Gasteiger partial charge on any atom is -0.381 e. The Bertz CT molecular complexity index is 616. The topological polar surface area (TPSA) is 93.5 Å².